The summed E-state index contributed by atoms with van der Waals surface area (Å²) in [5.41, 5.74) is -9.59. The Bertz CT molecular complexity index is 425. The molecule has 24 heavy (non-hydrogen) atoms. The average Bonchev–Trinajstić information content (AvgIpc) is 2.19. The lowest BCUT2D eigenvalue weighted by Gasteiger charge is -2.37. The Morgan fingerprint density at radius 3 is 1.29 bits per heavy atom. The second-order valence-electron chi connectivity index (χ2n) is 4.41. The van der Waals surface area contributed by atoms with Gasteiger partial charge in [0.1, 0.15) is 0 Å². The van der Waals surface area contributed by atoms with E-state index in [1.165, 1.54) is 5.10 Å². The van der Waals surface area contributed by atoms with Crippen LogP contribution in [-0.4, -0.2) is 42.2 Å². The number of halogens is 12. The standard InChI is InChI=1S/C9H8F12N2O/c1-3(2)24-7(8(16,17)18,9(19,20)21)23-22-4(5(10,11)12)6(13,14)15/h3,23H,1-2H3. The van der Waals surface area contributed by atoms with Crippen molar-refractivity contribution in [3.8, 4) is 0 Å². The molecule has 3 nitrogen and oxygen atoms in total. The smallest absolute Gasteiger partial charge is 0.337 e. The molecule has 0 saturated carbocycles. The van der Waals surface area contributed by atoms with Crippen LogP contribution in [0.15, 0.2) is 5.10 Å². The van der Waals surface area contributed by atoms with Crippen molar-refractivity contribution in [2.24, 2.45) is 5.10 Å². The zero-order valence-corrected chi connectivity index (χ0v) is 11.5. The van der Waals surface area contributed by atoms with Crippen molar-refractivity contribution < 1.29 is 57.4 Å². The molecule has 15 heteroatoms. The van der Waals surface area contributed by atoms with Gasteiger partial charge in [-0.1, -0.05) is 0 Å². The molecule has 0 aromatic rings. The highest BCUT2D eigenvalue weighted by Gasteiger charge is 2.74. The summed E-state index contributed by atoms with van der Waals surface area (Å²) >= 11 is 0. The minimum absolute atomic E-state index is 0.167. The summed E-state index contributed by atoms with van der Waals surface area (Å²) in [6.45, 7) is 1.29. The Hall–Kier alpha value is -1.41. The maximum atomic E-state index is 12.7. The zero-order chi connectivity index (χ0) is 19.8. The molecule has 0 radical (unpaired) electrons. The molecule has 0 spiro atoms. The third-order valence-corrected chi connectivity index (χ3v) is 2.07. The van der Waals surface area contributed by atoms with Crippen LogP contribution < -0.4 is 5.43 Å². The van der Waals surface area contributed by atoms with E-state index in [9.17, 15) is 52.7 Å². The highest BCUT2D eigenvalue weighted by molar-refractivity contribution is 5.94. The highest BCUT2D eigenvalue weighted by atomic mass is 19.4. The van der Waals surface area contributed by atoms with Gasteiger partial charge in [0.05, 0.1) is 6.10 Å². The van der Waals surface area contributed by atoms with Crippen LogP contribution in [0.5, 0.6) is 0 Å². The Morgan fingerprint density at radius 1 is 0.750 bits per heavy atom. The summed E-state index contributed by atoms with van der Waals surface area (Å²) in [7, 11) is 0. The van der Waals surface area contributed by atoms with Crippen molar-refractivity contribution in [2.45, 2.75) is 50.4 Å². The molecule has 0 fully saturated rings. The van der Waals surface area contributed by atoms with Crippen LogP contribution in [0.4, 0.5) is 52.7 Å². The predicted molar refractivity (Wildman–Crippen MR) is 53.7 cm³/mol. The molecular weight excluding hydrogens is 380 g/mol. The largest absolute Gasteiger partial charge is 0.447 e. The molecular formula is C9H8F12N2O. The first-order valence-electron chi connectivity index (χ1n) is 5.56. The van der Waals surface area contributed by atoms with Crippen LogP contribution in [0.1, 0.15) is 13.8 Å². The Labute approximate surface area is 125 Å². The second kappa shape index (κ2) is 6.48. The molecule has 0 atom stereocenters. The Morgan fingerprint density at radius 2 is 1.08 bits per heavy atom. The second-order valence-corrected chi connectivity index (χ2v) is 4.41. The fraction of sp³-hybridized carbons (Fsp3) is 0.889. The lowest BCUT2D eigenvalue weighted by Crippen LogP contribution is -2.67. The molecule has 0 heterocycles. The minimum atomic E-state index is -6.48. The van der Waals surface area contributed by atoms with Gasteiger partial charge < -0.3 is 4.74 Å². The van der Waals surface area contributed by atoms with Gasteiger partial charge in [0, 0.05) is 0 Å². The maximum absolute atomic E-state index is 12.7. The average molecular weight is 388 g/mol. The van der Waals surface area contributed by atoms with Crippen LogP contribution in [0.25, 0.3) is 0 Å². The zero-order valence-electron chi connectivity index (χ0n) is 11.5. The monoisotopic (exact) mass is 388 g/mol. The molecule has 144 valence electrons. The van der Waals surface area contributed by atoms with Gasteiger partial charge in [0.15, 0.2) is 0 Å². The molecule has 0 aliphatic carbocycles. The fourth-order valence-electron chi connectivity index (χ4n) is 1.22. The topological polar surface area (TPSA) is 33.6 Å². The number of hydrazone groups is 1. The van der Waals surface area contributed by atoms with E-state index in [0.717, 1.165) is 0 Å². The normalized spacial score (nSPS) is 14.8. The Balaban J connectivity index is 6.26. The number of hydrogen-bond donors (Lipinski definition) is 1. The third kappa shape index (κ3) is 5.04. The van der Waals surface area contributed by atoms with Gasteiger partial charge in [0.2, 0.25) is 5.71 Å². The molecule has 0 aromatic heterocycles. The first-order valence-corrected chi connectivity index (χ1v) is 5.56. The molecule has 0 aliphatic rings. The van der Waals surface area contributed by atoms with Crippen LogP contribution >= 0.6 is 0 Å². The minimum Gasteiger partial charge on any atom is -0.337 e. The van der Waals surface area contributed by atoms with Crippen molar-refractivity contribution in [1.82, 2.24) is 5.43 Å². The van der Waals surface area contributed by atoms with Gasteiger partial charge in [-0.15, -0.1) is 0 Å². The molecule has 0 aliphatic heterocycles. The van der Waals surface area contributed by atoms with E-state index in [1.807, 2.05) is 0 Å². The molecule has 0 amide bonds. The van der Waals surface area contributed by atoms with Crippen LogP contribution in [0, 0.1) is 0 Å². The lowest BCUT2D eigenvalue weighted by molar-refractivity contribution is -0.399. The molecule has 1 N–H and O–H groups in total. The van der Waals surface area contributed by atoms with E-state index in [4.69, 9.17) is 0 Å². The summed E-state index contributed by atoms with van der Waals surface area (Å²) in [5, 5.41) is 1.28. The summed E-state index contributed by atoms with van der Waals surface area (Å²) in [4.78, 5) is 0. The van der Waals surface area contributed by atoms with Gasteiger partial charge in [-0.3, -0.25) is 5.43 Å². The summed E-state index contributed by atoms with van der Waals surface area (Å²) in [5.74, 6) is 0. The maximum Gasteiger partial charge on any atom is 0.447 e. The van der Waals surface area contributed by atoms with Crippen LogP contribution in [-0.2, 0) is 4.74 Å². The van der Waals surface area contributed by atoms with Gasteiger partial charge in [-0.25, -0.2) is 0 Å². The van der Waals surface area contributed by atoms with Gasteiger partial charge >= 0.3 is 30.4 Å². The molecule has 0 saturated heterocycles. The fourth-order valence-corrected chi connectivity index (χ4v) is 1.22. The SMILES string of the molecule is CC(C)OC(NN=C(C(F)(F)F)C(F)(F)F)(C(F)(F)F)C(F)(F)F. The van der Waals surface area contributed by atoms with E-state index >= 15 is 0 Å². The first kappa shape index (κ1) is 22.6. The first-order chi connectivity index (χ1) is 10.3. The lowest BCUT2D eigenvalue weighted by atomic mass is 10.2. The van der Waals surface area contributed by atoms with E-state index in [-0.39, 0.29) is 5.43 Å². The van der Waals surface area contributed by atoms with Gasteiger partial charge in [0.25, 0.3) is 0 Å². The Kier molecular flexibility index (Phi) is 6.10. The molecule has 0 bridgehead atoms. The number of alkyl halides is 12. The van der Waals surface area contributed by atoms with Gasteiger partial charge in [-0.2, -0.15) is 57.8 Å². The van der Waals surface area contributed by atoms with E-state index in [2.05, 4.69) is 4.74 Å². The van der Waals surface area contributed by atoms with E-state index < -0.39 is 42.2 Å². The van der Waals surface area contributed by atoms with Crippen molar-refractivity contribution in [1.29, 1.82) is 0 Å². The number of nitrogens with zero attached hydrogens (tertiary/aromatic N) is 1. The van der Waals surface area contributed by atoms with Crippen molar-refractivity contribution in [3.63, 3.8) is 0 Å². The third-order valence-electron chi connectivity index (χ3n) is 2.07. The number of hydrogen-bond acceptors (Lipinski definition) is 3. The van der Waals surface area contributed by atoms with Crippen molar-refractivity contribution >= 4 is 5.71 Å². The van der Waals surface area contributed by atoms with Crippen molar-refractivity contribution in [2.75, 3.05) is 0 Å². The van der Waals surface area contributed by atoms with Gasteiger partial charge in [-0.05, 0) is 13.8 Å². The summed E-state index contributed by atoms with van der Waals surface area (Å²) < 4.78 is 153. The van der Waals surface area contributed by atoms with E-state index in [1.54, 1.807) is 0 Å². The molecule has 0 rings (SSSR count). The predicted octanol–water partition coefficient (Wildman–Crippen LogP) is 4.30. The van der Waals surface area contributed by atoms with Crippen LogP contribution in [0.2, 0.25) is 0 Å². The quantitative estimate of drug-likeness (QED) is 0.337. The highest BCUT2D eigenvalue weighted by Crippen LogP contribution is 2.45. The van der Waals surface area contributed by atoms with Crippen LogP contribution in [0.3, 0.4) is 0 Å². The van der Waals surface area contributed by atoms with E-state index in [0.29, 0.717) is 13.8 Å². The molecule has 0 unspecified atom stereocenters. The summed E-state index contributed by atoms with van der Waals surface area (Å²) in [6.07, 6.45) is -27.6. The summed E-state index contributed by atoms with van der Waals surface area (Å²) in [6, 6.07) is 0. The van der Waals surface area contributed by atoms with Crippen molar-refractivity contribution in [3.05, 3.63) is 0 Å². The number of nitrogens with one attached hydrogen (secondary N) is 1. The number of ether oxygens (including phenoxy) is 1. The number of rotatable bonds is 4. The molecule has 0 aromatic carbocycles.